The van der Waals surface area contributed by atoms with Crippen LogP contribution in [0.2, 0.25) is 0 Å². The third-order valence-corrected chi connectivity index (χ3v) is 4.21. The molecule has 0 spiro atoms. The van der Waals surface area contributed by atoms with E-state index in [9.17, 15) is 9.90 Å². The Hall–Kier alpha value is -2.13. The van der Waals surface area contributed by atoms with E-state index in [1.807, 2.05) is 63.2 Å². The maximum atomic E-state index is 12.0. The summed E-state index contributed by atoms with van der Waals surface area (Å²) in [6, 6.07) is 13.5. The molecule has 108 valence electrons. The minimum atomic E-state index is -0.679. The zero-order valence-electron chi connectivity index (χ0n) is 12.5. The van der Waals surface area contributed by atoms with Crippen LogP contribution in [-0.4, -0.2) is 11.0 Å². The number of anilines is 1. The van der Waals surface area contributed by atoms with Crippen molar-refractivity contribution in [2.24, 2.45) is 0 Å². The van der Waals surface area contributed by atoms with Gasteiger partial charge in [-0.25, -0.2) is 0 Å². The summed E-state index contributed by atoms with van der Waals surface area (Å²) < 4.78 is 0. The number of benzene rings is 2. The minimum absolute atomic E-state index is 0.000282. The van der Waals surface area contributed by atoms with Crippen molar-refractivity contribution in [2.75, 3.05) is 5.32 Å². The summed E-state index contributed by atoms with van der Waals surface area (Å²) in [4.78, 5) is 12.0. The lowest BCUT2D eigenvalue weighted by molar-refractivity contribution is -0.119. The number of aryl methyl sites for hydroxylation is 1. The van der Waals surface area contributed by atoms with E-state index in [1.54, 1.807) is 0 Å². The van der Waals surface area contributed by atoms with E-state index in [-0.39, 0.29) is 5.91 Å². The molecule has 3 heteroatoms. The number of aliphatic hydroxyl groups is 1. The number of rotatable bonds is 2. The number of hydrogen-bond acceptors (Lipinski definition) is 2. The molecule has 0 radical (unpaired) electrons. The molecule has 1 atom stereocenters. The second-order valence-corrected chi connectivity index (χ2v) is 6.20. The number of carbonyl (C=O) groups excluding carboxylic acids is 1. The summed E-state index contributed by atoms with van der Waals surface area (Å²) in [6.45, 7) is 5.80. The zero-order chi connectivity index (χ0) is 15.2. The number of carbonyl (C=O) groups is 1. The molecule has 1 aliphatic rings. The van der Waals surface area contributed by atoms with E-state index >= 15 is 0 Å². The van der Waals surface area contributed by atoms with Gasteiger partial charge in [0.15, 0.2) is 0 Å². The monoisotopic (exact) mass is 281 g/mol. The molecule has 0 fully saturated rings. The second kappa shape index (κ2) is 4.71. The summed E-state index contributed by atoms with van der Waals surface area (Å²) in [6.07, 6.45) is -0.679. The largest absolute Gasteiger partial charge is 0.384 e. The van der Waals surface area contributed by atoms with E-state index < -0.39 is 11.5 Å². The fourth-order valence-corrected chi connectivity index (χ4v) is 2.79. The van der Waals surface area contributed by atoms with Gasteiger partial charge in [0.05, 0.1) is 5.41 Å². The Bertz CT molecular complexity index is 719. The maximum Gasteiger partial charge on any atom is 0.234 e. The average molecular weight is 281 g/mol. The highest BCUT2D eigenvalue weighted by molar-refractivity contribution is 6.05. The third kappa shape index (κ3) is 2.24. The molecular weight excluding hydrogens is 262 g/mol. The van der Waals surface area contributed by atoms with E-state index in [1.165, 1.54) is 0 Å². The first-order valence-corrected chi connectivity index (χ1v) is 7.10. The second-order valence-electron chi connectivity index (χ2n) is 6.20. The molecule has 1 heterocycles. The molecule has 1 amide bonds. The molecule has 0 saturated heterocycles. The molecule has 3 nitrogen and oxygen atoms in total. The molecular formula is C18H19NO2. The Kier molecular flexibility index (Phi) is 3.10. The third-order valence-electron chi connectivity index (χ3n) is 4.21. The Labute approximate surface area is 124 Å². The molecule has 3 rings (SSSR count). The van der Waals surface area contributed by atoms with Gasteiger partial charge in [-0.2, -0.15) is 0 Å². The van der Waals surface area contributed by atoms with Crippen molar-refractivity contribution >= 4 is 11.6 Å². The zero-order valence-corrected chi connectivity index (χ0v) is 12.5. The fourth-order valence-electron chi connectivity index (χ4n) is 2.79. The Balaban J connectivity index is 2.02. The highest BCUT2D eigenvalue weighted by Crippen LogP contribution is 2.39. The van der Waals surface area contributed by atoms with Crippen LogP contribution in [0.15, 0.2) is 42.5 Å². The van der Waals surface area contributed by atoms with E-state index in [0.717, 1.165) is 27.9 Å². The van der Waals surface area contributed by atoms with Crippen molar-refractivity contribution in [2.45, 2.75) is 32.3 Å². The molecule has 0 aliphatic carbocycles. The quantitative estimate of drug-likeness (QED) is 0.887. The van der Waals surface area contributed by atoms with Crippen LogP contribution in [0.3, 0.4) is 0 Å². The summed E-state index contributed by atoms with van der Waals surface area (Å²) in [5.74, 6) is -0.000282. The first-order chi connectivity index (χ1) is 9.89. The number of aliphatic hydroxyl groups excluding tert-OH is 1. The highest BCUT2D eigenvalue weighted by Gasteiger charge is 2.38. The number of amides is 1. The van der Waals surface area contributed by atoms with Crippen LogP contribution in [0.5, 0.6) is 0 Å². The standard InChI is InChI=1S/C18H19NO2/c1-11-5-4-6-12(9-11)16(20)13-7-8-15-14(10-13)18(2,3)17(21)19-15/h4-10,16,20H,1-3H3,(H,19,21). The Morgan fingerprint density at radius 1 is 1.10 bits per heavy atom. The maximum absolute atomic E-state index is 12.0. The molecule has 0 aromatic heterocycles. The predicted octanol–water partition coefficient (Wildman–Crippen LogP) is 3.31. The number of fused-ring (bicyclic) bond motifs is 1. The Morgan fingerprint density at radius 3 is 2.52 bits per heavy atom. The van der Waals surface area contributed by atoms with Gasteiger partial charge >= 0.3 is 0 Å². The lowest BCUT2D eigenvalue weighted by atomic mass is 9.84. The van der Waals surface area contributed by atoms with Crippen molar-refractivity contribution in [3.63, 3.8) is 0 Å². The van der Waals surface area contributed by atoms with Gasteiger partial charge in [-0.1, -0.05) is 35.9 Å². The van der Waals surface area contributed by atoms with Crippen LogP contribution in [-0.2, 0) is 10.2 Å². The van der Waals surface area contributed by atoms with Gasteiger partial charge in [0, 0.05) is 5.69 Å². The smallest absolute Gasteiger partial charge is 0.234 e. The number of hydrogen-bond donors (Lipinski definition) is 2. The van der Waals surface area contributed by atoms with Crippen molar-refractivity contribution in [1.29, 1.82) is 0 Å². The topological polar surface area (TPSA) is 49.3 Å². The van der Waals surface area contributed by atoms with Crippen LogP contribution in [0.4, 0.5) is 5.69 Å². The molecule has 2 aromatic rings. The lowest BCUT2D eigenvalue weighted by Gasteiger charge is -2.18. The molecule has 2 aromatic carbocycles. The van der Waals surface area contributed by atoms with Gasteiger partial charge in [-0.3, -0.25) is 4.79 Å². The van der Waals surface area contributed by atoms with Gasteiger partial charge in [0.2, 0.25) is 5.91 Å². The SMILES string of the molecule is Cc1cccc(C(O)c2ccc3c(c2)C(C)(C)C(=O)N3)c1. The summed E-state index contributed by atoms with van der Waals surface area (Å²) >= 11 is 0. The van der Waals surface area contributed by atoms with Gasteiger partial charge in [0.1, 0.15) is 6.10 Å². The molecule has 1 aliphatic heterocycles. The number of nitrogens with one attached hydrogen (secondary N) is 1. The fraction of sp³-hybridized carbons (Fsp3) is 0.278. The first-order valence-electron chi connectivity index (χ1n) is 7.10. The van der Waals surface area contributed by atoms with Crippen LogP contribution in [0, 0.1) is 6.92 Å². The van der Waals surface area contributed by atoms with Crippen LogP contribution >= 0.6 is 0 Å². The normalized spacial score (nSPS) is 17.2. The molecule has 2 N–H and O–H groups in total. The van der Waals surface area contributed by atoms with Crippen molar-refractivity contribution in [3.05, 3.63) is 64.7 Å². The molecule has 21 heavy (non-hydrogen) atoms. The van der Waals surface area contributed by atoms with E-state index in [2.05, 4.69) is 5.32 Å². The lowest BCUT2D eigenvalue weighted by Crippen LogP contribution is -2.26. The van der Waals surface area contributed by atoms with Gasteiger partial charge in [0.25, 0.3) is 0 Å². The summed E-state index contributed by atoms with van der Waals surface area (Å²) in [5, 5.41) is 13.5. The van der Waals surface area contributed by atoms with E-state index in [0.29, 0.717) is 0 Å². The van der Waals surface area contributed by atoms with Crippen LogP contribution < -0.4 is 5.32 Å². The predicted molar refractivity (Wildman–Crippen MR) is 83.3 cm³/mol. The minimum Gasteiger partial charge on any atom is -0.384 e. The van der Waals surface area contributed by atoms with Gasteiger partial charge in [-0.15, -0.1) is 0 Å². The summed E-state index contributed by atoms with van der Waals surface area (Å²) in [5.41, 5.74) is 4.01. The van der Waals surface area contributed by atoms with Crippen LogP contribution in [0.1, 0.15) is 42.2 Å². The average Bonchev–Trinajstić information content (AvgIpc) is 2.68. The van der Waals surface area contributed by atoms with Crippen LogP contribution in [0.25, 0.3) is 0 Å². The van der Waals surface area contributed by atoms with Gasteiger partial charge in [-0.05, 0) is 49.6 Å². The molecule has 0 bridgehead atoms. The Morgan fingerprint density at radius 2 is 1.81 bits per heavy atom. The molecule has 1 unspecified atom stereocenters. The van der Waals surface area contributed by atoms with Crippen molar-refractivity contribution in [1.82, 2.24) is 0 Å². The van der Waals surface area contributed by atoms with Crippen molar-refractivity contribution < 1.29 is 9.90 Å². The van der Waals surface area contributed by atoms with E-state index in [4.69, 9.17) is 0 Å². The molecule has 0 saturated carbocycles. The first kappa shape index (κ1) is 13.8. The van der Waals surface area contributed by atoms with Crippen molar-refractivity contribution in [3.8, 4) is 0 Å². The summed E-state index contributed by atoms with van der Waals surface area (Å²) in [7, 11) is 0. The highest BCUT2D eigenvalue weighted by atomic mass is 16.3. The van der Waals surface area contributed by atoms with Gasteiger partial charge < -0.3 is 10.4 Å².